The van der Waals surface area contributed by atoms with Gasteiger partial charge in [-0.25, -0.2) is 9.67 Å². The maximum absolute atomic E-state index is 12.6. The number of nitrogens with zero attached hydrogens (tertiary/aromatic N) is 3. The molecule has 26 heavy (non-hydrogen) atoms. The van der Waals surface area contributed by atoms with Gasteiger partial charge in [0.1, 0.15) is 12.7 Å². The van der Waals surface area contributed by atoms with E-state index in [1.807, 2.05) is 18.2 Å². The molecule has 1 heterocycles. The monoisotopic (exact) mass is 346 g/mol. The minimum atomic E-state index is 0.0959. The molecule has 0 aliphatic heterocycles. The van der Waals surface area contributed by atoms with Gasteiger partial charge in [-0.1, -0.05) is 48.5 Å². The smallest absolute Gasteiger partial charge is 0.224 e. The second-order valence-electron chi connectivity index (χ2n) is 6.88. The van der Waals surface area contributed by atoms with Crippen molar-refractivity contribution in [3.05, 3.63) is 83.4 Å². The Morgan fingerprint density at radius 2 is 1.92 bits per heavy atom. The van der Waals surface area contributed by atoms with Crippen LogP contribution in [0.15, 0.2) is 61.2 Å². The first kappa shape index (κ1) is 16.5. The van der Waals surface area contributed by atoms with E-state index in [4.69, 9.17) is 0 Å². The number of aryl methyl sites for hydroxylation is 1. The molecule has 1 saturated carbocycles. The summed E-state index contributed by atoms with van der Waals surface area (Å²) in [4.78, 5) is 16.5. The molecule has 1 aliphatic rings. The third-order valence-corrected chi connectivity index (χ3v) is 5.09. The summed E-state index contributed by atoms with van der Waals surface area (Å²) in [7, 11) is 0. The highest BCUT2D eigenvalue weighted by molar-refractivity contribution is 5.83. The summed E-state index contributed by atoms with van der Waals surface area (Å²) in [6, 6.07) is 16.5. The summed E-state index contributed by atoms with van der Waals surface area (Å²) in [5, 5.41) is 7.27. The molecule has 0 radical (unpaired) electrons. The topological polar surface area (TPSA) is 59.8 Å². The number of carbonyl (C=O) groups is 1. The molecule has 0 saturated heterocycles. The third kappa shape index (κ3) is 3.52. The lowest BCUT2D eigenvalue weighted by Crippen LogP contribution is -2.25. The summed E-state index contributed by atoms with van der Waals surface area (Å²) in [5.74, 6) is 0.606. The van der Waals surface area contributed by atoms with Crippen LogP contribution in [0.3, 0.4) is 0 Å². The molecule has 1 amide bonds. The van der Waals surface area contributed by atoms with E-state index in [0.717, 1.165) is 17.5 Å². The molecule has 0 spiro atoms. The van der Waals surface area contributed by atoms with Gasteiger partial charge in [0, 0.05) is 12.5 Å². The first-order chi connectivity index (χ1) is 12.7. The van der Waals surface area contributed by atoms with Gasteiger partial charge in [-0.05, 0) is 41.5 Å². The molecule has 3 aromatic rings. The standard InChI is InChI=1S/C21H22N4O/c1-15-6-2-5-9-18(15)19-10-20(19)21(26)23-11-16-7-3-4-8-17(16)12-25-14-22-13-24-25/h2-9,13-14,19-20H,10-12H2,1H3,(H,23,26)/t19-,20+/m0/s1. The zero-order chi connectivity index (χ0) is 17.9. The highest BCUT2D eigenvalue weighted by atomic mass is 16.2. The van der Waals surface area contributed by atoms with Crippen LogP contribution in [-0.2, 0) is 17.9 Å². The Balaban J connectivity index is 1.38. The average Bonchev–Trinajstić information content (AvgIpc) is 3.29. The number of aromatic nitrogens is 3. The molecule has 4 rings (SSSR count). The maximum atomic E-state index is 12.6. The number of amides is 1. The minimum Gasteiger partial charge on any atom is -0.352 e. The Kier molecular flexibility index (Phi) is 4.52. The Morgan fingerprint density at radius 3 is 2.69 bits per heavy atom. The van der Waals surface area contributed by atoms with Crippen molar-refractivity contribution in [2.24, 2.45) is 5.92 Å². The zero-order valence-electron chi connectivity index (χ0n) is 14.8. The first-order valence-electron chi connectivity index (χ1n) is 8.95. The number of hydrogen-bond acceptors (Lipinski definition) is 3. The summed E-state index contributed by atoms with van der Waals surface area (Å²) >= 11 is 0. The quantitative estimate of drug-likeness (QED) is 0.746. The summed E-state index contributed by atoms with van der Waals surface area (Å²) in [6.07, 6.45) is 4.17. The second-order valence-corrected chi connectivity index (χ2v) is 6.88. The highest BCUT2D eigenvalue weighted by Crippen LogP contribution is 2.48. The molecular formula is C21H22N4O. The third-order valence-electron chi connectivity index (χ3n) is 5.09. The Bertz CT molecular complexity index is 904. The van der Waals surface area contributed by atoms with Crippen LogP contribution in [0.1, 0.15) is 34.6 Å². The number of hydrogen-bond donors (Lipinski definition) is 1. The van der Waals surface area contributed by atoms with Crippen molar-refractivity contribution in [1.82, 2.24) is 20.1 Å². The van der Waals surface area contributed by atoms with Crippen LogP contribution in [0, 0.1) is 12.8 Å². The predicted molar refractivity (Wildman–Crippen MR) is 99.4 cm³/mol. The number of nitrogens with one attached hydrogen (secondary N) is 1. The Hall–Kier alpha value is -2.95. The average molecular weight is 346 g/mol. The second kappa shape index (κ2) is 7.12. The van der Waals surface area contributed by atoms with Crippen LogP contribution in [0.5, 0.6) is 0 Å². The lowest BCUT2D eigenvalue weighted by atomic mass is 10.0. The highest BCUT2D eigenvalue weighted by Gasteiger charge is 2.44. The van der Waals surface area contributed by atoms with Crippen molar-refractivity contribution >= 4 is 5.91 Å². The fourth-order valence-electron chi connectivity index (χ4n) is 3.52. The van der Waals surface area contributed by atoms with E-state index in [1.54, 1.807) is 11.0 Å². The normalized spacial score (nSPS) is 18.5. The molecule has 1 aliphatic carbocycles. The van der Waals surface area contributed by atoms with Gasteiger partial charge in [-0.2, -0.15) is 5.10 Å². The van der Waals surface area contributed by atoms with Gasteiger partial charge in [-0.15, -0.1) is 0 Å². The molecule has 0 bridgehead atoms. The Morgan fingerprint density at radius 1 is 1.15 bits per heavy atom. The van der Waals surface area contributed by atoms with Crippen molar-refractivity contribution in [2.75, 3.05) is 0 Å². The van der Waals surface area contributed by atoms with Crippen LogP contribution in [-0.4, -0.2) is 20.7 Å². The molecule has 2 aromatic carbocycles. The number of benzene rings is 2. The van der Waals surface area contributed by atoms with Crippen LogP contribution < -0.4 is 5.32 Å². The summed E-state index contributed by atoms with van der Waals surface area (Å²) < 4.78 is 1.79. The van der Waals surface area contributed by atoms with Crippen molar-refractivity contribution in [2.45, 2.75) is 32.4 Å². The molecule has 1 N–H and O–H groups in total. The predicted octanol–water partition coefficient (Wildman–Crippen LogP) is 3.05. The maximum Gasteiger partial charge on any atom is 0.224 e. The van der Waals surface area contributed by atoms with Crippen molar-refractivity contribution in [1.29, 1.82) is 0 Å². The van der Waals surface area contributed by atoms with Crippen LogP contribution in [0.2, 0.25) is 0 Å². The molecule has 5 nitrogen and oxygen atoms in total. The number of carbonyl (C=O) groups excluding carboxylic acids is 1. The molecule has 2 atom stereocenters. The van der Waals surface area contributed by atoms with Gasteiger partial charge in [0.25, 0.3) is 0 Å². The zero-order valence-corrected chi connectivity index (χ0v) is 14.8. The molecule has 1 fully saturated rings. The molecule has 132 valence electrons. The van der Waals surface area contributed by atoms with Crippen molar-refractivity contribution in [3.8, 4) is 0 Å². The van der Waals surface area contributed by atoms with Gasteiger partial charge in [-0.3, -0.25) is 4.79 Å². The van der Waals surface area contributed by atoms with Crippen LogP contribution in [0.4, 0.5) is 0 Å². The van der Waals surface area contributed by atoms with Crippen molar-refractivity contribution < 1.29 is 4.79 Å². The van der Waals surface area contributed by atoms with Gasteiger partial charge in [0.15, 0.2) is 0 Å². The van der Waals surface area contributed by atoms with Gasteiger partial charge < -0.3 is 5.32 Å². The van der Waals surface area contributed by atoms with Gasteiger partial charge in [0.2, 0.25) is 5.91 Å². The van der Waals surface area contributed by atoms with E-state index in [0.29, 0.717) is 19.0 Å². The van der Waals surface area contributed by atoms with Crippen LogP contribution in [0.25, 0.3) is 0 Å². The molecule has 5 heteroatoms. The summed E-state index contributed by atoms with van der Waals surface area (Å²) in [6.45, 7) is 3.31. The minimum absolute atomic E-state index is 0.0959. The fourth-order valence-corrected chi connectivity index (χ4v) is 3.52. The molecule has 0 unspecified atom stereocenters. The van der Waals surface area contributed by atoms with Crippen molar-refractivity contribution in [3.63, 3.8) is 0 Å². The van der Waals surface area contributed by atoms with E-state index >= 15 is 0 Å². The van der Waals surface area contributed by atoms with E-state index in [1.165, 1.54) is 17.5 Å². The molecule has 1 aromatic heterocycles. The van der Waals surface area contributed by atoms with E-state index in [9.17, 15) is 4.79 Å². The summed E-state index contributed by atoms with van der Waals surface area (Å²) in [5.41, 5.74) is 4.83. The molecular weight excluding hydrogens is 324 g/mol. The number of rotatable bonds is 6. The van der Waals surface area contributed by atoms with E-state index < -0.39 is 0 Å². The van der Waals surface area contributed by atoms with Gasteiger partial charge in [0.05, 0.1) is 6.54 Å². The largest absolute Gasteiger partial charge is 0.352 e. The van der Waals surface area contributed by atoms with Crippen LogP contribution >= 0.6 is 0 Å². The SMILES string of the molecule is Cc1ccccc1[C@@H]1C[C@H]1C(=O)NCc1ccccc1Cn1cncn1. The van der Waals surface area contributed by atoms with E-state index in [2.05, 4.69) is 52.7 Å². The lowest BCUT2D eigenvalue weighted by Gasteiger charge is -2.11. The first-order valence-corrected chi connectivity index (χ1v) is 8.95. The lowest BCUT2D eigenvalue weighted by molar-refractivity contribution is -0.122. The fraction of sp³-hybridized carbons (Fsp3) is 0.286. The Labute approximate surface area is 153 Å². The van der Waals surface area contributed by atoms with E-state index in [-0.39, 0.29) is 11.8 Å². The van der Waals surface area contributed by atoms with Gasteiger partial charge >= 0.3 is 0 Å².